The molecule has 0 atom stereocenters. The van der Waals surface area contributed by atoms with Crippen LogP contribution >= 0.6 is 11.6 Å². The number of anilines is 1. The number of amides is 2. The minimum absolute atomic E-state index is 0.0306. The molecule has 0 spiro atoms. The number of nitrogens with one attached hydrogen (secondary N) is 1. The van der Waals surface area contributed by atoms with Gasteiger partial charge < -0.3 is 19.1 Å². The van der Waals surface area contributed by atoms with Gasteiger partial charge in [-0.3, -0.25) is 9.59 Å². The summed E-state index contributed by atoms with van der Waals surface area (Å²) in [6.45, 7) is -0.597. The van der Waals surface area contributed by atoms with Crippen LogP contribution in [0.4, 0.5) is 5.69 Å². The molecule has 0 radical (unpaired) electrons. The maximum Gasteiger partial charge on any atom is 0.437 e. The van der Waals surface area contributed by atoms with Crippen LogP contribution < -0.4 is 11.1 Å². The first-order valence-electron chi connectivity index (χ1n) is 7.84. The lowest BCUT2D eigenvalue weighted by molar-refractivity contribution is -0.134. The van der Waals surface area contributed by atoms with E-state index in [1.165, 1.54) is 18.2 Å². The highest BCUT2D eigenvalue weighted by molar-refractivity contribution is 6.33. The Morgan fingerprint density at radius 1 is 1.26 bits per heavy atom. The van der Waals surface area contributed by atoms with E-state index in [1.807, 2.05) is 0 Å². The third-order valence-corrected chi connectivity index (χ3v) is 3.91. The number of carbonyl (C=O) groups is 2. The van der Waals surface area contributed by atoms with E-state index in [1.54, 1.807) is 36.4 Å². The van der Waals surface area contributed by atoms with Crippen molar-refractivity contribution in [2.24, 2.45) is 0 Å². The maximum absolute atomic E-state index is 12.3. The van der Waals surface area contributed by atoms with Crippen LogP contribution in [-0.2, 0) is 16.1 Å². The zero-order valence-electron chi connectivity index (χ0n) is 14.2. The van der Waals surface area contributed by atoms with Crippen LogP contribution in [0.15, 0.2) is 56.3 Å². The van der Waals surface area contributed by atoms with Gasteiger partial charge in [-0.1, -0.05) is 23.7 Å². The summed E-state index contributed by atoms with van der Waals surface area (Å²) in [6.07, 6.45) is 1.41. The summed E-state index contributed by atoms with van der Waals surface area (Å²) in [5.74, 6) is -1.49. The van der Waals surface area contributed by atoms with E-state index < -0.39 is 17.6 Å². The summed E-state index contributed by atoms with van der Waals surface area (Å²) in [5.41, 5.74) is 0.445. The molecule has 0 bridgehead atoms. The second-order valence-electron chi connectivity index (χ2n) is 5.59. The zero-order valence-corrected chi connectivity index (χ0v) is 15.0. The molecule has 0 unspecified atom stereocenters. The van der Waals surface area contributed by atoms with Crippen molar-refractivity contribution >= 4 is 29.1 Å². The predicted molar refractivity (Wildman–Crippen MR) is 96.2 cm³/mol. The number of likely N-dealkylation sites (N-methyl/N-ethyl adjacent to an activating group) is 1. The van der Waals surface area contributed by atoms with Gasteiger partial charge in [0.15, 0.2) is 5.76 Å². The van der Waals surface area contributed by atoms with Crippen molar-refractivity contribution in [3.63, 3.8) is 0 Å². The van der Waals surface area contributed by atoms with Crippen molar-refractivity contribution in [3.05, 3.63) is 58.2 Å². The fourth-order valence-electron chi connectivity index (χ4n) is 2.21. The second-order valence-corrected chi connectivity index (χ2v) is 5.99. The Morgan fingerprint density at radius 2 is 2.04 bits per heavy atom. The minimum atomic E-state index is -0.802. The van der Waals surface area contributed by atoms with Crippen LogP contribution in [0.25, 0.3) is 11.7 Å². The van der Waals surface area contributed by atoms with Gasteiger partial charge in [0.05, 0.1) is 23.5 Å². The molecule has 0 fully saturated rings. The molecular weight excluding hydrogens is 376 g/mol. The van der Waals surface area contributed by atoms with Crippen LogP contribution in [0.1, 0.15) is 0 Å². The van der Waals surface area contributed by atoms with Crippen molar-refractivity contribution in [2.75, 3.05) is 18.9 Å². The van der Waals surface area contributed by atoms with E-state index in [2.05, 4.69) is 10.4 Å². The summed E-state index contributed by atoms with van der Waals surface area (Å²) in [4.78, 5) is 37.3. The Bertz CT molecular complexity index is 1010. The van der Waals surface area contributed by atoms with Crippen LogP contribution in [0.3, 0.4) is 0 Å². The Morgan fingerprint density at radius 3 is 2.74 bits per heavy atom. The molecule has 2 aromatic heterocycles. The number of aromatic nitrogens is 2. The molecule has 3 aromatic rings. The molecule has 2 heterocycles. The Labute approximate surface area is 158 Å². The SMILES string of the molecule is CN(CC(=O)Nc1ccccc1Cl)C(=O)Cn1nc(-c2ccco2)oc1=O. The molecule has 0 saturated heterocycles. The topological polar surface area (TPSA) is 111 Å². The van der Waals surface area contributed by atoms with Crippen molar-refractivity contribution in [3.8, 4) is 11.7 Å². The van der Waals surface area contributed by atoms with E-state index >= 15 is 0 Å². The zero-order chi connectivity index (χ0) is 19.4. The quantitative estimate of drug-likeness (QED) is 0.687. The first-order chi connectivity index (χ1) is 12.9. The lowest BCUT2D eigenvalue weighted by Crippen LogP contribution is -2.38. The molecular formula is C17H15ClN4O5. The minimum Gasteiger partial charge on any atom is -0.459 e. The number of hydrogen-bond donors (Lipinski definition) is 1. The molecule has 1 aromatic carbocycles. The van der Waals surface area contributed by atoms with Crippen LogP contribution in [0.5, 0.6) is 0 Å². The monoisotopic (exact) mass is 390 g/mol. The average molecular weight is 391 g/mol. The van der Waals surface area contributed by atoms with Gasteiger partial charge in [0, 0.05) is 7.05 Å². The summed E-state index contributed by atoms with van der Waals surface area (Å²) in [7, 11) is 1.44. The molecule has 1 N–H and O–H groups in total. The Balaban J connectivity index is 1.60. The molecule has 140 valence electrons. The molecule has 27 heavy (non-hydrogen) atoms. The highest BCUT2D eigenvalue weighted by atomic mass is 35.5. The standard InChI is InChI=1S/C17H15ClN4O5/c1-21(9-14(23)19-12-6-3-2-5-11(12)18)15(24)10-22-17(25)27-16(20-22)13-7-4-8-26-13/h2-8H,9-10H2,1H3,(H,19,23). The Kier molecular flexibility index (Phi) is 5.41. The van der Waals surface area contributed by atoms with E-state index in [0.717, 1.165) is 4.68 Å². The fourth-order valence-corrected chi connectivity index (χ4v) is 2.39. The fraction of sp³-hybridized carbons (Fsp3) is 0.176. The number of nitrogens with zero attached hydrogens (tertiary/aromatic N) is 3. The number of halogens is 1. The number of furan rings is 1. The smallest absolute Gasteiger partial charge is 0.437 e. The first-order valence-corrected chi connectivity index (χ1v) is 8.22. The summed E-state index contributed by atoms with van der Waals surface area (Å²) >= 11 is 5.98. The van der Waals surface area contributed by atoms with Gasteiger partial charge in [-0.05, 0) is 24.3 Å². The molecule has 0 aliphatic rings. The van der Waals surface area contributed by atoms with Crippen LogP contribution in [-0.4, -0.2) is 40.1 Å². The van der Waals surface area contributed by atoms with Gasteiger partial charge in [-0.15, -0.1) is 5.10 Å². The van der Waals surface area contributed by atoms with Crippen LogP contribution in [0.2, 0.25) is 5.02 Å². The van der Waals surface area contributed by atoms with E-state index in [4.69, 9.17) is 20.4 Å². The molecule has 2 amide bonds. The van der Waals surface area contributed by atoms with Gasteiger partial charge in [0.1, 0.15) is 6.54 Å². The lowest BCUT2D eigenvalue weighted by atomic mass is 10.3. The van der Waals surface area contributed by atoms with E-state index in [9.17, 15) is 14.4 Å². The highest BCUT2D eigenvalue weighted by Gasteiger charge is 2.18. The maximum atomic E-state index is 12.3. The average Bonchev–Trinajstić information content (AvgIpc) is 3.27. The predicted octanol–water partition coefficient (Wildman–Crippen LogP) is 1.85. The molecule has 0 aliphatic heterocycles. The molecule has 10 heteroatoms. The van der Waals surface area contributed by atoms with Crippen LogP contribution in [0, 0.1) is 0 Å². The largest absolute Gasteiger partial charge is 0.459 e. The van der Waals surface area contributed by atoms with Crippen molar-refractivity contribution in [1.29, 1.82) is 0 Å². The van der Waals surface area contributed by atoms with Gasteiger partial charge in [-0.25, -0.2) is 4.79 Å². The molecule has 0 saturated carbocycles. The number of hydrogen-bond acceptors (Lipinski definition) is 6. The van der Waals surface area contributed by atoms with Gasteiger partial charge >= 0.3 is 5.76 Å². The van der Waals surface area contributed by atoms with Gasteiger partial charge in [-0.2, -0.15) is 4.68 Å². The van der Waals surface area contributed by atoms with Crippen molar-refractivity contribution in [2.45, 2.75) is 6.54 Å². The Hall–Kier alpha value is -3.33. The van der Waals surface area contributed by atoms with E-state index in [-0.39, 0.29) is 24.7 Å². The molecule has 9 nitrogen and oxygen atoms in total. The first kappa shape index (κ1) is 18.5. The number of rotatable bonds is 6. The van der Waals surface area contributed by atoms with Crippen molar-refractivity contribution in [1.82, 2.24) is 14.7 Å². The summed E-state index contributed by atoms with van der Waals surface area (Å²) in [5, 5.41) is 6.91. The molecule has 0 aliphatic carbocycles. The lowest BCUT2D eigenvalue weighted by Gasteiger charge is -2.16. The van der Waals surface area contributed by atoms with Crippen molar-refractivity contribution < 1.29 is 18.4 Å². The summed E-state index contributed by atoms with van der Waals surface area (Å²) in [6, 6.07) is 9.94. The summed E-state index contributed by atoms with van der Waals surface area (Å²) < 4.78 is 10.9. The highest BCUT2D eigenvalue weighted by Crippen LogP contribution is 2.20. The third kappa shape index (κ3) is 4.45. The number of carbonyl (C=O) groups excluding carboxylic acids is 2. The number of para-hydroxylation sites is 1. The van der Waals surface area contributed by atoms with E-state index in [0.29, 0.717) is 10.7 Å². The number of benzene rings is 1. The second kappa shape index (κ2) is 7.92. The third-order valence-electron chi connectivity index (χ3n) is 3.58. The normalized spacial score (nSPS) is 10.6. The van der Waals surface area contributed by atoms with Gasteiger partial charge in [0.25, 0.3) is 5.89 Å². The van der Waals surface area contributed by atoms with Gasteiger partial charge in [0.2, 0.25) is 11.8 Å². The molecule has 3 rings (SSSR count).